The van der Waals surface area contributed by atoms with Gasteiger partial charge >= 0.3 is 0 Å². The van der Waals surface area contributed by atoms with E-state index < -0.39 is 9.84 Å². The van der Waals surface area contributed by atoms with Gasteiger partial charge in [0.25, 0.3) is 5.91 Å². The van der Waals surface area contributed by atoms with Gasteiger partial charge in [-0.2, -0.15) is 9.61 Å². The number of anilines is 1. The molecule has 6 heterocycles. The van der Waals surface area contributed by atoms with Gasteiger partial charge in [0, 0.05) is 41.6 Å². The van der Waals surface area contributed by atoms with E-state index in [4.69, 9.17) is 10.7 Å². The van der Waals surface area contributed by atoms with Crippen LogP contribution >= 0.6 is 0 Å². The van der Waals surface area contributed by atoms with E-state index in [1.54, 1.807) is 12.4 Å². The van der Waals surface area contributed by atoms with Crippen molar-refractivity contribution in [3.8, 4) is 22.4 Å². The zero-order chi connectivity index (χ0) is 28.3. The number of nitrogen functional groups attached to an aromatic ring is 1. The Hall–Kier alpha value is -4.65. The number of piperidine rings is 1. The quantitative estimate of drug-likeness (QED) is 0.323. The Labute approximate surface area is 235 Å². The van der Waals surface area contributed by atoms with Crippen LogP contribution in [0.3, 0.4) is 0 Å². The molecule has 5 aromatic rings. The number of carbonyl (C=O) groups is 1. The molecule has 2 aliphatic heterocycles. The first kappa shape index (κ1) is 25.3. The number of rotatable bonds is 5. The molecule has 3 N–H and O–H groups in total. The minimum Gasteiger partial charge on any atom is -0.382 e. The van der Waals surface area contributed by atoms with E-state index in [0.717, 1.165) is 41.5 Å². The zero-order valence-corrected chi connectivity index (χ0v) is 23.0. The largest absolute Gasteiger partial charge is 0.382 e. The van der Waals surface area contributed by atoms with Crippen molar-refractivity contribution in [2.75, 3.05) is 12.0 Å². The van der Waals surface area contributed by atoms with Crippen LogP contribution in [0.4, 0.5) is 5.82 Å². The molecule has 2 bridgehead atoms. The Morgan fingerprint density at radius 2 is 1.78 bits per heavy atom. The summed E-state index contributed by atoms with van der Waals surface area (Å²) in [5, 5.41) is 12.1. The number of nitrogens with zero attached hydrogens (tertiary/aromatic N) is 7. The highest BCUT2D eigenvalue weighted by atomic mass is 32.2. The maximum absolute atomic E-state index is 13.1. The van der Waals surface area contributed by atoms with Gasteiger partial charge in [0.1, 0.15) is 17.0 Å². The lowest BCUT2D eigenvalue weighted by molar-refractivity contribution is 0.0556. The van der Waals surface area contributed by atoms with Crippen molar-refractivity contribution in [1.82, 2.24) is 39.7 Å². The van der Waals surface area contributed by atoms with Gasteiger partial charge < -0.3 is 15.6 Å². The summed E-state index contributed by atoms with van der Waals surface area (Å²) in [5.41, 5.74) is 10.9. The lowest BCUT2D eigenvalue weighted by Crippen LogP contribution is -2.46. The average Bonchev–Trinajstić information content (AvgIpc) is 3.71. The fraction of sp³-hybridized carbons (Fsp3) is 0.286. The van der Waals surface area contributed by atoms with Gasteiger partial charge in [0.2, 0.25) is 5.82 Å². The molecule has 2 aliphatic rings. The first-order chi connectivity index (χ1) is 19.8. The number of amides is 1. The topological polar surface area (TPSA) is 165 Å². The maximum Gasteiger partial charge on any atom is 0.292 e. The molecular formula is C28H27N9O3S. The van der Waals surface area contributed by atoms with E-state index >= 15 is 0 Å². The highest BCUT2D eigenvalue weighted by Gasteiger charge is 2.46. The van der Waals surface area contributed by atoms with E-state index in [1.165, 1.54) is 10.8 Å². The van der Waals surface area contributed by atoms with E-state index in [2.05, 4.69) is 25.3 Å². The molecular weight excluding hydrogens is 542 g/mol. The number of aromatic amines is 1. The number of fused-ring (bicyclic) bond motifs is 3. The number of aromatic nitrogens is 7. The SMILES string of the molecule is CS(=O)(=O)c1c(C2CC3CC[C@H](C2)N3C(=O)c2nnc[nH]2)nc2c(-c3ccc(-c4ccccn4)cc3)cnn2c1N. The highest BCUT2D eigenvalue weighted by Crippen LogP contribution is 2.45. The number of nitrogens with two attached hydrogens (primary N) is 1. The second-order valence-electron chi connectivity index (χ2n) is 10.7. The van der Waals surface area contributed by atoms with Gasteiger partial charge in [-0.25, -0.2) is 13.4 Å². The number of carbonyl (C=O) groups excluding carboxylic acids is 1. The number of H-pyrrole nitrogens is 1. The standard InChI is InChI=1S/C28H27N9O3S/c1-41(39,40)24-23(18-12-19-9-10-20(13-18)36(19)28(38)26-31-15-32-35-26)34-27-21(14-33-37(27)25(24)29)16-5-7-17(8-6-16)22-4-2-3-11-30-22/h2-8,11,14-15,18-20H,9-10,12-13,29H2,1H3,(H,31,32,35)/t18?,19-,20?/m1/s1. The van der Waals surface area contributed by atoms with Crippen molar-refractivity contribution in [3.63, 3.8) is 0 Å². The fourth-order valence-corrected chi connectivity index (χ4v) is 7.46. The van der Waals surface area contributed by atoms with Crippen molar-refractivity contribution in [2.45, 2.75) is 48.6 Å². The molecule has 2 fully saturated rings. The number of hydrogen-bond acceptors (Lipinski definition) is 9. The minimum absolute atomic E-state index is 0.00422. The molecule has 3 atom stereocenters. The molecule has 7 rings (SSSR count). The van der Waals surface area contributed by atoms with Crippen molar-refractivity contribution in [2.24, 2.45) is 0 Å². The van der Waals surface area contributed by atoms with Crippen molar-refractivity contribution in [3.05, 3.63) is 72.7 Å². The van der Waals surface area contributed by atoms with Crippen molar-refractivity contribution >= 4 is 27.2 Å². The number of benzene rings is 1. The number of nitrogens with one attached hydrogen (secondary N) is 1. The molecule has 2 saturated heterocycles. The van der Waals surface area contributed by atoms with Crippen LogP contribution in [0.5, 0.6) is 0 Å². The van der Waals surface area contributed by atoms with Gasteiger partial charge in [0.15, 0.2) is 15.5 Å². The number of pyridine rings is 1. The Balaban J connectivity index is 1.29. The van der Waals surface area contributed by atoms with Crippen LogP contribution in [0.25, 0.3) is 28.0 Å². The van der Waals surface area contributed by atoms with Gasteiger partial charge in [-0.1, -0.05) is 30.3 Å². The van der Waals surface area contributed by atoms with Gasteiger partial charge in [0.05, 0.1) is 17.6 Å². The predicted molar refractivity (Wildman–Crippen MR) is 151 cm³/mol. The number of sulfone groups is 1. The van der Waals surface area contributed by atoms with Crippen LogP contribution < -0.4 is 5.73 Å². The lowest BCUT2D eigenvalue weighted by Gasteiger charge is -2.38. The fourth-order valence-electron chi connectivity index (χ4n) is 6.40. The van der Waals surface area contributed by atoms with E-state index in [1.807, 2.05) is 47.4 Å². The van der Waals surface area contributed by atoms with Crippen LogP contribution in [-0.4, -0.2) is 72.3 Å². The molecule has 208 valence electrons. The summed E-state index contributed by atoms with van der Waals surface area (Å²) in [5.74, 6) is -0.139. The summed E-state index contributed by atoms with van der Waals surface area (Å²) in [6, 6.07) is 13.5. The second-order valence-corrected chi connectivity index (χ2v) is 12.6. The van der Waals surface area contributed by atoms with E-state index in [9.17, 15) is 13.2 Å². The normalized spacial score (nSPS) is 20.5. The lowest BCUT2D eigenvalue weighted by atomic mass is 9.87. The predicted octanol–water partition coefficient (Wildman–Crippen LogP) is 3.11. The summed E-state index contributed by atoms with van der Waals surface area (Å²) in [6.45, 7) is 0. The molecule has 0 saturated carbocycles. The molecule has 1 amide bonds. The Morgan fingerprint density at radius 1 is 1.05 bits per heavy atom. The van der Waals surface area contributed by atoms with Crippen LogP contribution in [0.1, 0.15) is 47.9 Å². The zero-order valence-electron chi connectivity index (χ0n) is 22.2. The molecule has 41 heavy (non-hydrogen) atoms. The van der Waals surface area contributed by atoms with Gasteiger partial charge in [-0.05, 0) is 43.4 Å². The second kappa shape index (κ2) is 9.47. The third-order valence-electron chi connectivity index (χ3n) is 8.16. The molecule has 4 aromatic heterocycles. The van der Waals surface area contributed by atoms with E-state index in [0.29, 0.717) is 24.2 Å². The minimum atomic E-state index is -3.74. The van der Waals surface area contributed by atoms with E-state index in [-0.39, 0.29) is 40.4 Å². The third-order valence-corrected chi connectivity index (χ3v) is 9.32. The van der Waals surface area contributed by atoms with Crippen LogP contribution in [0.15, 0.2) is 66.1 Å². The Kier molecular flexibility index (Phi) is 5.85. The molecule has 0 radical (unpaired) electrons. The first-order valence-electron chi connectivity index (χ1n) is 13.4. The number of hydrogen-bond donors (Lipinski definition) is 2. The van der Waals surface area contributed by atoms with Crippen molar-refractivity contribution < 1.29 is 13.2 Å². The van der Waals surface area contributed by atoms with Crippen molar-refractivity contribution in [1.29, 1.82) is 0 Å². The summed E-state index contributed by atoms with van der Waals surface area (Å²) < 4.78 is 27.5. The maximum atomic E-state index is 13.1. The van der Waals surface area contributed by atoms with Crippen LogP contribution in [0.2, 0.25) is 0 Å². The van der Waals surface area contributed by atoms with Gasteiger partial charge in [-0.15, -0.1) is 10.2 Å². The van der Waals surface area contributed by atoms with Crippen LogP contribution in [0, 0.1) is 0 Å². The summed E-state index contributed by atoms with van der Waals surface area (Å²) in [4.78, 5) is 27.2. The average molecular weight is 570 g/mol. The molecule has 0 spiro atoms. The summed E-state index contributed by atoms with van der Waals surface area (Å²) >= 11 is 0. The smallest absolute Gasteiger partial charge is 0.292 e. The summed E-state index contributed by atoms with van der Waals surface area (Å²) in [6.07, 6.45) is 8.75. The molecule has 2 unspecified atom stereocenters. The summed E-state index contributed by atoms with van der Waals surface area (Å²) in [7, 11) is -3.74. The van der Waals surface area contributed by atoms with Crippen LogP contribution in [-0.2, 0) is 9.84 Å². The molecule has 13 heteroatoms. The molecule has 1 aromatic carbocycles. The molecule has 0 aliphatic carbocycles. The van der Waals surface area contributed by atoms with Gasteiger partial charge in [-0.3, -0.25) is 9.78 Å². The Morgan fingerprint density at radius 3 is 2.41 bits per heavy atom. The Bertz CT molecular complexity index is 1860. The third kappa shape index (κ3) is 4.24. The molecule has 12 nitrogen and oxygen atoms in total. The first-order valence-corrected chi connectivity index (χ1v) is 15.3. The monoisotopic (exact) mass is 569 g/mol. The highest BCUT2D eigenvalue weighted by molar-refractivity contribution is 7.91.